The largest absolute Gasteiger partial charge is 0.396 e. The van der Waals surface area contributed by atoms with Gasteiger partial charge in [-0.05, 0) is 38.5 Å². The fraction of sp³-hybridized carbons (Fsp3) is 0.923. The topological polar surface area (TPSA) is 66.6 Å². The molecule has 1 aliphatic carbocycles. The molecule has 0 bridgehead atoms. The third-order valence-corrected chi connectivity index (χ3v) is 3.61. The molecular weight excluding hydrogens is 216 g/mol. The lowest BCUT2D eigenvalue weighted by Crippen LogP contribution is -2.35. The Bertz CT molecular complexity index is 233. The molecule has 0 heterocycles. The minimum absolute atomic E-state index is 0.151. The van der Waals surface area contributed by atoms with E-state index in [2.05, 4.69) is 0 Å². The number of nitrogens with two attached hydrogens (primary N) is 1. The van der Waals surface area contributed by atoms with Gasteiger partial charge in [0.1, 0.15) is 0 Å². The summed E-state index contributed by atoms with van der Waals surface area (Å²) in [5, 5.41) is 8.79. The number of hydrogen-bond donors (Lipinski definition) is 2. The van der Waals surface area contributed by atoms with E-state index in [0.29, 0.717) is 25.3 Å². The van der Waals surface area contributed by atoms with E-state index in [4.69, 9.17) is 10.8 Å². The van der Waals surface area contributed by atoms with Crippen LogP contribution in [0.2, 0.25) is 0 Å². The van der Waals surface area contributed by atoms with Crippen molar-refractivity contribution in [2.75, 3.05) is 19.7 Å². The molecule has 4 nitrogen and oxygen atoms in total. The second-order valence-electron chi connectivity index (χ2n) is 5.05. The van der Waals surface area contributed by atoms with Crippen LogP contribution in [0.1, 0.15) is 45.4 Å². The molecule has 1 rings (SSSR count). The second-order valence-corrected chi connectivity index (χ2v) is 5.05. The fourth-order valence-corrected chi connectivity index (χ4v) is 2.61. The molecule has 100 valence electrons. The maximum Gasteiger partial charge on any atom is 0.222 e. The van der Waals surface area contributed by atoms with Gasteiger partial charge in [-0.1, -0.05) is 6.42 Å². The highest BCUT2D eigenvalue weighted by Crippen LogP contribution is 2.26. The van der Waals surface area contributed by atoms with Gasteiger partial charge in [0.2, 0.25) is 5.91 Å². The molecule has 0 aliphatic heterocycles. The smallest absolute Gasteiger partial charge is 0.222 e. The Labute approximate surface area is 104 Å². The third kappa shape index (κ3) is 5.04. The standard InChI is InChI=1S/C13H26N2O2/c1-2-15(7-4-8-16)13(17)10-11-5-3-6-12(14)9-11/h11-12,16H,2-10,14H2,1H3. The molecule has 17 heavy (non-hydrogen) atoms. The maximum absolute atomic E-state index is 12.1. The van der Waals surface area contributed by atoms with E-state index in [-0.39, 0.29) is 18.6 Å². The molecule has 1 saturated carbocycles. The van der Waals surface area contributed by atoms with Gasteiger partial charge in [0, 0.05) is 32.2 Å². The highest BCUT2D eigenvalue weighted by atomic mass is 16.3. The first-order valence-corrected chi connectivity index (χ1v) is 6.81. The van der Waals surface area contributed by atoms with Crippen molar-refractivity contribution >= 4 is 5.91 Å². The minimum Gasteiger partial charge on any atom is -0.396 e. The summed E-state index contributed by atoms with van der Waals surface area (Å²) in [4.78, 5) is 13.9. The lowest BCUT2D eigenvalue weighted by Gasteiger charge is -2.28. The Morgan fingerprint density at radius 1 is 1.47 bits per heavy atom. The Balaban J connectivity index is 2.35. The zero-order chi connectivity index (χ0) is 12.7. The van der Waals surface area contributed by atoms with Crippen molar-refractivity contribution in [2.45, 2.75) is 51.5 Å². The van der Waals surface area contributed by atoms with Crippen LogP contribution in [0.15, 0.2) is 0 Å². The Morgan fingerprint density at radius 3 is 2.82 bits per heavy atom. The monoisotopic (exact) mass is 242 g/mol. The summed E-state index contributed by atoms with van der Waals surface area (Å²) in [6, 6.07) is 0.286. The summed E-state index contributed by atoms with van der Waals surface area (Å²) in [7, 11) is 0. The quantitative estimate of drug-likeness (QED) is 0.733. The van der Waals surface area contributed by atoms with E-state index in [1.54, 1.807) is 0 Å². The lowest BCUT2D eigenvalue weighted by atomic mass is 9.84. The van der Waals surface area contributed by atoms with Gasteiger partial charge in [0.25, 0.3) is 0 Å². The van der Waals surface area contributed by atoms with Crippen LogP contribution in [-0.2, 0) is 4.79 Å². The van der Waals surface area contributed by atoms with E-state index in [0.717, 1.165) is 32.2 Å². The van der Waals surface area contributed by atoms with Crippen molar-refractivity contribution in [2.24, 2.45) is 11.7 Å². The van der Waals surface area contributed by atoms with Crippen LogP contribution in [0, 0.1) is 5.92 Å². The van der Waals surface area contributed by atoms with Gasteiger partial charge in [-0.2, -0.15) is 0 Å². The molecule has 0 radical (unpaired) electrons. The predicted octanol–water partition coefficient (Wildman–Crippen LogP) is 1.12. The predicted molar refractivity (Wildman–Crippen MR) is 68.5 cm³/mol. The highest BCUT2D eigenvalue weighted by molar-refractivity contribution is 5.76. The molecule has 0 aromatic rings. The van der Waals surface area contributed by atoms with Crippen molar-refractivity contribution in [1.29, 1.82) is 0 Å². The minimum atomic E-state index is 0.151. The van der Waals surface area contributed by atoms with Gasteiger partial charge in [-0.25, -0.2) is 0 Å². The van der Waals surface area contributed by atoms with E-state index in [1.165, 1.54) is 0 Å². The SMILES string of the molecule is CCN(CCCO)C(=O)CC1CCCC(N)C1. The molecule has 3 N–H and O–H groups in total. The summed E-state index contributed by atoms with van der Waals surface area (Å²) in [6.07, 6.45) is 5.69. The Morgan fingerprint density at radius 2 is 2.24 bits per heavy atom. The zero-order valence-electron chi connectivity index (χ0n) is 10.9. The molecule has 2 atom stereocenters. The number of carbonyl (C=O) groups excluding carboxylic acids is 1. The summed E-state index contributed by atoms with van der Waals surface area (Å²) >= 11 is 0. The lowest BCUT2D eigenvalue weighted by molar-refractivity contribution is -0.132. The van der Waals surface area contributed by atoms with E-state index in [1.807, 2.05) is 11.8 Å². The van der Waals surface area contributed by atoms with Crippen LogP contribution in [-0.4, -0.2) is 41.7 Å². The summed E-state index contributed by atoms with van der Waals surface area (Å²) in [6.45, 7) is 3.54. The fourth-order valence-electron chi connectivity index (χ4n) is 2.61. The molecule has 2 unspecified atom stereocenters. The van der Waals surface area contributed by atoms with Crippen LogP contribution in [0.4, 0.5) is 0 Å². The third-order valence-electron chi connectivity index (χ3n) is 3.61. The average Bonchev–Trinajstić information content (AvgIpc) is 2.30. The van der Waals surface area contributed by atoms with Crippen LogP contribution in [0.5, 0.6) is 0 Å². The van der Waals surface area contributed by atoms with Gasteiger partial charge in [0.05, 0.1) is 0 Å². The first-order chi connectivity index (χ1) is 8.17. The first-order valence-electron chi connectivity index (χ1n) is 6.81. The van der Waals surface area contributed by atoms with Gasteiger partial charge < -0.3 is 15.7 Å². The van der Waals surface area contributed by atoms with E-state index in [9.17, 15) is 4.79 Å². The molecule has 0 aromatic carbocycles. The number of carbonyl (C=O) groups is 1. The number of rotatable bonds is 6. The van der Waals surface area contributed by atoms with Crippen molar-refractivity contribution in [3.05, 3.63) is 0 Å². The van der Waals surface area contributed by atoms with Crippen LogP contribution < -0.4 is 5.73 Å². The molecule has 0 aromatic heterocycles. The normalized spacial score (nSPS) is 24.6. The van der Waals surface area contributed by atoms with Crippen LogP contribution >= 0.6 is 0 Å². The highest BCUT2D eigenvalue weighted by Gasteiger charge is 2.23. The van der Waals surface area contributed by atoms with Crippen molar-refractivity contribution in [3.63, 3.8) is 0 Å². The summed E-state index contributed by atoms with van der Waals surface area (Å²) in [5.74, 6) is 0.689. The van der Waals surface area contributed by atoms with Gasteiger partial charge in [0.15, 0.2) is 0 Å². The Hall–Kier alpha value is -0.610. The summed E-state index contributed by atoms with van der Waals surface area (Å²) < 4.78 is 0. The summed E-state index contributed by atoms with van der Waals surface area (Å²) in [5.41, 5.74) is 5.93. The van der Waals surface area contributed by atoms with E-state index >= 15 is 0 Å². The van der Waals surface area contributed by atoms with E-state index < -0.39 is 0 Å². The number of aliphatic hydroxyl groups is 1. The van der Waals surface area contributed by atoms with Crippen LogP contribution in [0.25, 0.3) is 0 Å². The number of nitrogens with zero attached hydrogens (tertiary/aromatic N) is 1. The second kappa shape index (κ2) is 7.67. The molecule has 1 fully saturated rings. The zero-order valence-corrected chi connectivity index (χ0v) is 10.9. The number of amides is 1. The molecule has 4 heteroatoms. The average molecular weight is 242 g/mol. The van der Waals surface area contributed by atoms with Crippen molar-refractivity contribution in [3.8, 4) is 0 Å². The van der Waals surface area contributed by atoms with Crippen molar-refractivity contribution < 1.29 is 9.90 Å². The number of aliphatic hydroxyl groups excluding tert-OH is 1. The molecule has 1 amide bonds. The van der Waals surface area contributed by atoms with Gasteiger partial charge >= 0.3 is 0 Å². The molecule has 0 saturated heterocycles. The molecule has 0 spiro atoms. The number of hydrogen-bond acceptors (Lipinski definition) is 3. The van der Waals surface area contributed by atoms with Crippen LogP contribution in [0.3, 0.4) is 0 Å². The maximum atomic E-state index is 12.1. The van der Waals surface area contributed by atoms with Crippen molar-refractivity contribution in [1.82, 2.24) is 4.90 Å². The Kier molecular flexibility index (Phi) is 6.52. The first kappa shape index (κ1) is 14.5. The molecular formula is C13H26N2O2. The van der Waals surface area contributed by atoms with Gasteiger partial charge in [-0.3, -0.25) is 4.79 Å². The molecule has 1 aliphatic rings. The van der Waals surface area contributed by atoms with Gasteiger partial charge in [-0.15, -0.1) is 0 Å².